The molecule has 0 radical (unpaired) electrons. The van der Waals surface area contributed by atoms with E-state index in [-0.39, 0.29) is 11.5 Å². The molecule has 1 amide bonds. The number of carbonyl (C=O) groups is 1. The normalized spacial score (nSPS) is 11.0. The van der Waals surface area contributed by atoms with Crippen LogP contribution in [0.15, 0.2) is 66.9 Å². The lowest BCUT2D eigenvalue weighted by Gasteiger charge is -2.07. The Morgan fingerprint density at radius 3 is 2.06 bits per heavy atom. The number of hydrogen-bond donors (Lipinski definition) is 2. The number of rotatable bonds is 3. The van der Waals surface area contributed by atoms with Crippen molar-refractivity contribution in [3.63, 3.8) is 0 Å². The minimum absolute atomic E-state index is 0.236. The molecule has 0 atom stereocenters. The number of aliphatic hydroxyl groups excluding tert-OH is 1. The highest BCUT2D eigenvalue weighted by atomic mass is 16.2. The van der Waals surface area contributed by atoms with Crippen molar-refractivity contribution in [3.8, 4) is 0 Å². The second-order valence-electron chi connectivity index (χ2n) is 3.73. The van der Waals surface area contributed by atoms with Crippen molar-refractivity contribution < 1.29 is 9.90 Å². The van der Waals surface area contributed by atoms with Crippen molar-refractivity contribution in [1.82, 2.24) is 0 Å². The van der Waals surface area contributed by atoms with E-state index in [1.54, 1.807) is 24.3 Å². The Labute approximate surface area is 105 Å². The molecule has 2 aromatic rings. The fourth-order valence-corrected chi connectivity index (χ4v) is 1.60. The maximum absolute atomic E-state index is 12.0. The smallest absolute Gasteiger partial charge is 0.259 e. The molecule has 3 nitrogen and oxygen atoms in total. The SMILES string of the molecule is O=C(Nc1ccccc1)/C(=C/O)c1ccccc1. The first-order chi connectivity index (χ1) is 8.81. The molecule has 0 saturated carbocycles. The summed E-state index contributed by atoms with van der Waals surface area (Å²) in [5.41, 5.74) is 1.60. The zero-order valence-corrected chi connectivity index (χ0v) is 9.71. The lowest BCUT2D eigenvalue weighted by Crippen LogP contribution is -2.13. The van der Waals surface area contributed by atoms with Crippen LogP contribution in [-0.2, 0) is 4.79 Å². The van der Waals surface area contributed by atoms with Crippen LogP contribution in [0, 0.1) is 0 Å². The average Bonchev–Trinajstić information content (AvgIpc) is 2.42. The number of hydrogen-bond acceptors (Lipinski definition) is 2. The molecule has 0 heterocycles. The number of carbonyl (C=O) groups excluding carboxylic acids is 1. The van der Waals surface area contributed by atoms with Crippen molar-refractivity contribution in [2.75, 3.05) is 5.32 Å². The molecule has 90 valence electrons. The van der Waals surface area contributed by atoms with E-state index in [0.717, 1.165) is 6.26 Å². The summed E-state index contributed by atoms with van der Waals surface area (Å²) in [5, 5.41) is 11.9. The molecular formula is C15H13NO2. The Balaban J connectivity index is 2.18. The van der Waals surface area contributed by atoms with Gasteiger partial charge in [0.15, 0.2) is 0 Å². The Morgan fingerprint density at radius 1 is 0.944 bits per heavy atom. The first-order valence-corrected chi connectivity index (χ1v) is 5.57. The highest BCUT2D eigenvalue weighted by Crippen LogP contribution is 2.16. The van der Waals surface area contributed by atoms with Gasteiger partial charge in [0.05, 0.1) is 11.8 Å². The van der Waals surface area contributed by atoms with Crippen LogP contribution in [0.3, 0.4) is 0 Å². The predicted molar refractivity (Wildman–Crippen MR) is 72.1 cm³/mol. The summed E-state index contributed by atoms with van der Waals surface area (Å²) in [6.45, 7) is 0. The summed E-state index contributed by atoms with van der Waals surface area (Å²) in [4.78, 5) is 12.0. The highest BCUT2D eigenvalue weighted by Gasteiger charge is 2.11. The number of benzene rings is 2. The Kier molecular flexibility index (Phi) is 3.76. The van der Waals surface area contributed by atoms with Gasteiger partial charge in [-0.25, -0.2) is 0 Å². The third-order valence-corrected chi connectivity index (χ3v) is 2.49. The minimum Gasteiger partial charge on any atom is -0.515 e. The van der Waals surface area contributed by atoms with Gasteiger partial charge < -0.3 is 10.4 Å². The van der Waals surface area contributed by atoms with E-state index in [4.69, 9.17) is 0 Å². The van der Waals surface area contributed by atoms with E-state index >= 15 is 0 Å². The number of para-hydroxylation sites is 1. The fraction of sp³-hybridized carbons (Fsp3) is 0. The first-order valence-electron chi connectivity index (χ1n) is 5.57. The molecule has 0 unspecified atom stereocenters. The lowest BCUT2D eigenvalue weighted by atomic mass is 10.1. The Hall–Kier alpha value is -2.55. The Bertz CT molecular complexity index is 547. The molecule has 0 aliphatic rings. The van der Waals surface area contributed by atoms with Crippen molar-refractivity contribution in [3.05, 3.63) is 72.5 Å². The van der Waals surface area contributed by atoms with Crippen LogP contribution in [0.4, 0.5) is 5.69 Å². The molecule has 0 saturated heterocycles. The maximum Gasteiger partial charge on any atom is 0.259 e. The summed E-state index contributed by atoms with van der Waals surface area (Å²) in [7, 11) is 0. The van der Waals surface area contributed by atoms with Gasteiger partial charge in [-0.3, -0.25) is 4.79 Å². The van der Waals surface area contributed by atoms with Gasteiger partial charge in [-0.1, -0.05) is 48.5 Å². The van der Waals surface area contributed by atoms with Gasteiger partial charge in [0.25, 0.3) is 5.91 Å². The van der Waals surface area contributed by atoms with Crippen LogP contribution in [0.5, 0.6) is 0 Å². The molecule has 0 fully saturated rings. The van der Waals surface area contributed by atoms with E-state index in [1.165, 1.54) is 0 Å². The molecule has 2 aromatic carbocycles. The first kappa shape index (κ1) is 11.9. The van der Waals surface area contributed by atoms with Crippen LogP contribution in [0.1, 0.15) is 5.56 Å². The maximum atomic E-state index is 12.0. The highest BCUT2D eigenvalue weighted by molar-refractivity contribution is 6.24. The standard InChI is InChI=1S/C15H13NO2/c17-11-14(12-7-3-1-4-8-12)15(18)16-13-9-5-2-6-10-13/h1-11,17H,(H,16,18)/b14-11+. The summed E-state index contributed by atoms with van der Waals surface area (Å²) in [6, 6.07) is 18.1. The zero-order chi connectivity index (χ0) is 12.8. The van der Waals surface area contributed by atoms with Crippen LogP contribution in [-0.4, -0.2) is 11.0 Å². The van der Waals surface area contributed by atoms with Crippen molar-refractivity contribution in [2.24, 2.45) is 0 Å². The molecule has 0 spiro atoms. The number of amides is 1. The van der Waals surface area contributed by atoms with E-state index in [1.807, 2.05) is 36.4 Å². The van der Waals surface area contributed by atoms with Gasteiger partial charge in [0.2, 0.25) is 0 Å². The van der Waals surface area contributed by atoms with Gasteiger partial charge in [-0.2, -0.15) is 0 Å². The van der Waals surface area contributed by atoms with Crippen LogP contribution in [0.2, 0.25) is 0 Å². The average molecular weight is 239 g/mol. The number of aliphatic hydroxyl groups is 1. The van der Waals surface area contributed by atoms with E-state index < -0.39 is 0 Å². The molecule has 18 heavy (non-hydrogen) atoms. The largest absolute Gasteiger partial charge is 0.515 e. The van der Waals surface area contributed by atoms with Crippen molar-refractivity contribution >= 4 is 17.2 Å². The molecule has 3 heteroatoms. The van der Waals surface area contributed by atoms with Gasteiger partial charge in [0, 0.05) is 5.69 Å². The van der Waals surface area contributed by atoms with E-state index in [0.29, 0.717) is 11.3 Å². The van der Waals surface area contributed by atoms with Crippen LogP contribution < -0.4 is 5.32 Å². The van der Waals surface area contributed by atoms with Gasteiger partial charge in [0.1, 0.15) is 0 Å². The predicted octanol–water partition coefficient (Wildman–Crippen LogP) is 3.22. The number of anilines is 1. The molecule has 0 aromatic heterocycles. The molecular weight excluding hydrogens is 226 g/mol. The molecule has 2 N–H and O–H groups in total. The number of nitrogens with one attached hydrogen (secondary N) is 1. The van der Waals surface area contributed by atoms with E-state index in [9.17, 15) is 9.90 Å². The topological polar surface area (TPSA) is 49.3 Å². The fourth-order valence-electron chi connectivity index (χ4n) is 1.60. The molecule has 2 rings (SSSR count). The second kappa shape index (κ2) is 5.68. The summed E-state index contributed by atoms with van der Waals surface area (Å²) < 4.78 is 0. The van der Waals surface area contributed by atoms with Crippen LogP contribution in [0.25, 0.3) is 5.57 Å². The monoisotopic (exact) mass is 239 g/mol. The van der Waals surface area contributed by atoms with Crippen molar-refractivity contribution in [2.45, 2.75) is 0 Å². The minimum atomic E-state index is -0.338. The second-order valence-corrected chi connectivity index (χ2v) is 3.73. The van der Waals surface area contributed by atoms with Gasteiger partial charge in [-0.15, -0.1) is 0 Å². The third-order valence-electron chi connectivity index (χ3n) is 2.49. The van der Waals surface area contributed by atoms with E-state index in [2.05, 4.69) is 5.32 Å². The molecule has 0 bridgehead atoms. The van der Waals surface area contributed by atoms with Gasteiger partial charge >= 0.3 is 0 Å². The summed E-state index contributed by atoms with van der Waals surface area (Å²) in [6.07, 6.45) is 0.827. The summed E-state index contributed by atoms with van der Waals surface area (Å²) >= 11 is 0. The lowest BCUT2D eigenvalue weighted by molar-refractivity contribution is -0.111. The summed E-state index contributed by atoms with van der Waals surface area (Å²) in [5.74, 6) is -0.338. The van der Waals surface area contributed by atoms with Crippen molar-refractivity contribution in [1.29, 1.82) is 0 Å². The Morgan fingerprint density at radius 2 is 1.50 bits per heavy atom. The zero-order valence-electron chi connectivity index (χ0n) is 9.71. The van der Waals surface area contributed by atoms with Gasteiger partial charge in [-0.05, 0) is 17.7 Å². The third kappa shape index (κ3) is 2.77. The quantitative estimate of drug-likeness (QED) is 0.638. The molecule has 0 aliphatic heterocycles. The molecule has 0 aliphatic carbocycles. The van der Waals surface area contributed by atoms with Crippen LogP contribution >= 0.6 is 0 Å².